The largest absolute Gasteiger partial charge is 0.497 e. The van der Waals surface area contributed by atoms with Crippen LogP contribution in [0.2, 0.25) is 0 Å². The summed E-state index contributed by atoms with van der Waals surface area (Å²) in [7, 11) is 5.54. The predicted octanol–water partition coefficient (Wildman–Crippen LogP) is 5.00. The number of likely N-dealkylation sites (N-methyl/N-ethyl adjacent to an activating group) is 1. The standard InChI is InChI=1S/C23H33N3O3.C7H11NO2/c1-6-26-22(27)25-15-17-13-18(28-4)14-20(29-5)19(17)11-16(2)12-21(25)23(26)7-9-24(3)10-8-23;1-4-8-10-7(3)6(2)5-9/h12-14,16H,6-11,15H2,1-5H3;4-5H,1-3H3/b21-12-;7-6+,8-4+/t16-;/m1./s1. The lowest BCUT2D eigenvalue weighted by atomic mass is 9.81. The molecule has 0 unspecified atom stereocenters. The fraction of sp³-hybridized carbons (Fsp3) is 0.567. The van der Waals surface area contributed by atoms with Crippen molar-refractivity contribution in [3.8, 4) is 11.5 Å². The molecule has 39 heavy (non-hydrogen) atoms. The van der Waals surface area contributed by atoms with Crippen molar-refractivity contribution in [1.29, 1.82) is 0 Å². The van der Waals surface area contributed by atoms with E-state index in [4.69, 9.17) is 14.3 Å². The molecular formula is C30H44N4O5. The van der Waals surface area contributed by atoms with Crippen LogP contribution in [0.3, 0.4) is 0 Å². The Hall–Kier alpha value is -3.33. The molecule has 3 heterocycles. The van der Waals surface area contributed by atoms with E-state index < -0.39 is 0 Å². The number of carbonyl (C=O) groups is 2. The summed E-state index contributed by atoms with van der Waals surface area (Å²) in [5, 5.41) is 3.50. The third-order valence-corrected chi connectivity index (χ3v) is 7.93. The van der Waals surface area contributed by atoms with Gasteiger partial charge in [0.25, 0.3) is 0 Å². The van der Waals surface area contributed by atoms with Gasteiger partial charge in [-0.05, 0) is 77.1 Å². The van der Waals surface area contributed by atoms with E-state index in [0.717, 1.165) is 62.2 Å². The molecule has 0 aliphatic carbocycles. The molecule has 0 bridgehead atoms. The van der Waals surface area contributed by atoms with Gasteiger partial charge in [0.15, 0.2) is 0 Å². The van der Waals surface area contributed by atoms with Crippen LogP contribution >= 0.6 is 0 Å². The quantitative estimate of drug-likeness (QED) is 0.166. The number of piperidine rings is 1. The number of amides is 2. The van der Waals surface area contributed by atoms with Crippen molar-refractivity contribution in [3.05, 3.63) is 46.4 Å². The Morgan fingerprint density at radius 1 is 1.18 bits per heavy atom. The fourth-order valence-corrected chi connectivity index (χ4v) is 5.63. The topological polar surface area (TPSA) is 83.9 Å². The lowest BCUT2D eigenvalue weighted by Gasteiger charge is -2.43. The number of fused-ring (bicyclic) bond motifs is 3. The molecule has 2 fully saturated rings. The number of hydrogen-bond acceptors (Lipinski definition) is 7. The summed E-state index contributed by atoms with van der Waals surface area (Å²) in [6.07, 6.45) is 7.49. The molecule has 3 aliphatic heterocycles. The molecule has 0 radical (unpaired) electrons. The Morgan fingerprint density at radius 2 is 1.87 bits per heavy atom. The minimum absolute atomic E-state index is 0.130. The molecule has 1 aromatic carbocycles. The smallest absolute Gasteiger partial charge is 0.325 e. The first-order valence-electron chi connectivity index (χ1n) is 13.7. The third kappa shape index (κ3) is 6.30. The van der Waals surface area contributed by atoms with Crippen LogP contribution in [0, 0.1) is 5.92 Å². The van der Waals surface area contributed by atoms with Crippen LogP contribution in [0.1, 0.15) is 58.6 Å². The van der Waals surface area contributed by atoms with E-state index >= 15 is 0 Å². The van der Waals surface area contributed by atoms with Crippen LogP contribution in [-0.2, 0) is 22.6 Å². The van der Waals surface area contributed by atoms with Crippen molar-refractivity contribution in [2.24, 2.45) is 11.1 Å². The monoisotopic (exact) mass is 540 g/mol. The van der Waals surface area contributed by atoms with Crippen molar-refractivity contribution >= 4 is 18.5 Å². The van der Waals surface area contributed by atoms with Gasteiger partial charge < -0.3 is 24.1 Å². The van der Waals surface area contributed by atoms with Gasteiger partial charge in [0.2, 0.25) is 0 Å². The van der Waals surface area contributed by atoms with Crippen LogP contribution in [0.25, 0.3) is 0 Å². The van der Waals surface area contributed by atoms with E-state index in [2.05, 4.69) is 48.0 Å². The maximum Gasteiger partial charge on any atom is 0.325 e. The number of carbonyl (C=O) groups excluding carboxylic acids is 2. The van der Waals surface area contributed by atoms with E-state index in [1.807, 2.05) is 11.0 Å². The second-order valence-corrected chi connectivity index (χ2v) is 10.5. The zero-order chi connectivity index (χ0) is 28.7. The maximum atomic E-state index is 13.6. The van der Waals surface area contributed by atoms with Gasteiger partial charge in [-0.2, -0.15) is 0 Å². The number of hydrogen-bond donors (Lipinski definition) is 0. The molecule has 0 saturated carbocycles. The van der Waals surface area contributed by atoms with Crippen LogP contribution in [0.4, 0.5) is 4.79 Å². The van der Waals surface area contributed by atoms with E-state index in [0.29, 0.717) is 23.8 Å². The van der Waals surface area contributed by atoms with Crippen LogP contribution in [0.15, 0.2) is 40.4 Å². The normalized spacial score (nSPS) is 22.5. The molecule has 2 saturated heterocycles. The Labute approximate surface area is 233 Å². The summed E-state index contributed by atoms with van der Waals surface area (Å²) in [5.74, 6) is 2.46. The van der Waals surface area contributed by atoms with Crippen molar-refractivity contribution in [2.75, 3.05) is 40.9 Å². The minimum atomic E-state index is -0.174. The molecular weight excluding hydrogens is 496 g/mol. The molecule has 4 rings (SSSR count). The second kappa shape index (κ2) is 13.2. The number of rotatable bonds is 6. The highest BCUT2D eigenvalue weighted by Gasteiger charge is 2.54. The summed E-state index contributed by atoms with van der Waals surface area (Å²) >= 11 is 0. The first-order valence-corrected chi connectivity index (χ1v) is 13.7. The Kier molecular flexibility index (Phi) is 10.2. The zero-order valence-corrected chi connectivity index (χ0v) is 24.7. The molecule has 2 amide bonds. The SMILES string of the molecule is C/C=N/O/C(C)=C(\C)C=O.CCN1C(=O)N2Cc3cc(OC)cc(OC)c3C[C@@H](C)/C=C\2C12CCN(C)CC2. The van der Waals surface area contributed by atoms with Crippen molar-refractivity contribution in [1.82, 2.24) is 14.7 Å². The van der Waals surface area contributed by atoms with Gasteiger partial charge >= 0.3 is 6.03 Å². The number of benzene rings is 1. The number of urea groups is 1. The van der Waals surface area contributed by atoms with Gasteiger partial charge in [-0.3, -0.25) is 9.69 Å². The van der Waals surface area contributed by atoms with Crippen LogP contribution in [-0.4, -0.2) is 79.7 Å². The number of aldehydes is 1. The van der Waals surface area contributed by atoms with Crippen molar-refractivity contribution in [2.45, 2.75) is 66.0 Å². The van der Waals surface area contributed by atoms with Gasteiger partial charge in [0.1, 0.15) is 23.5 Å². The molecule has 9 heteroatoms. The summed E-state index contributed by atoms with van der Waals surface area (Å²) in [5.41, 5.74) is 3.89. The molecule has 1 spiro atoms. The highest BCUT2D eigenvalue weighted by molar-refractivity contribution is 5.82. The Bertz CT molecular complexity index is 1130. The summed E-state index contributed by atoms with van der Waals surface area (Å²) < 4.78 is 11.2. The Balaban J connectivity index is 0.000000360. The summed E-state index contributed by atoms with van der Waals surface area (Å²) in [4.78, 5) is 34.9. The summed E-state index contributed by atoms with van der Waals surface area (Å²) in [6, 6.07) is 4.14. The summed E-state index contributed by atoms with van der Waals surface area (Å²) in [6.45, 7) is 12.8. The van der Waals surface area contributed by atoms with Gasteiger partial charge in [-0.1, -0.05) is 18.2 Å². The van der Waals surface area contributed by atoms with Gasteiger partial charge in [0, 0.05) is 43.2 Å². The van der Waals surface area contributed by atoms with E-state index in [1.165, 1.54) is 17.5 Å². The zero-order valence-electron chi connectivity index (χ0n) is 24.7. The van der Waals surface area contributed by atoms with E-state index in [1.54, 1.807) is 35.0 Å². The third-order valence-electron chi connectivity index (χ3n) is 7.93. The van der Waals surface area contributed by atoms with Gasteiger partial charge in [-0.15, -0.1) is 0 Å². The number of nitrogens with zero attached hydrogens (tertiary/aromatic N) is 4. The fourth-order valence-electron chi connectivity index (χ4n) is 5.63. The van der Waals surface area contributed by atoms with Gasteiger partial charge in [0.05, 0.1) is 26.3 Å². The van der Waals surface area contributed by atoms with Crippen LogP contribution < -0.4 is 9.47 Å². The number of oxime groups is 1. The lowest BCUT2D eigenvalue weighted by molar-refractivity contribution is -0.105. The highest BCUT2D eigenvalue weighted by atomic mass is 16.6. The van der Waals surface area contributed by atoms with Crippen LogP contribution in [0.5, 0.6) is 11.5 Å². The van der Waals surface area contributed by atoms with Crippen molar-refractivity contribution < 1.29 is 23.9 Å². The predicted molar refractivity (Wildman–Crippen MR) is 153 cm³/mol. The molecule has 0 N–H and O–H groups in total. The molecule has 1 atom stereocenters. The molecule has 214 valence electrons. The maximum absolute atomic E-state index is 13.6. The van der Waals surface area contributed by atoms with E-state index in [9.17, 15) is 9.59 Å². The number of allylic oxidation sites excluding steroid dienone is 3. The number of likely N-dealkylation sites (tertiary alicyclic amines) is 1. The molecule has 9 nitrogen and oxygen atoms in total. The highest BCUT2D eigenvalue weighted by Crippen LogP contribution is 2.46. The number of methoxy groups -OCH3 is 2. The molecule has 1 aromatic rings. The first kappa shape index (κ1) is 30.2. The number of ether oxygens (including phenoxy) is 2. The van der Waals surface area contributed by atoms with E-state index in [-0.39, 0.29) is 11.6 Å². The average molecular weight is 541 g/mol. The Morgan fingerprint density at radius 3 is 2.44 bits per heavy atom. The molecule has 3 aliphatic rings. The molecule has 0 aromatic heterocycles. The average Bonchev–Trinajstić information content (AvgIpc) is 3.13. The lowest BCUT2D eigenvalue weighted by Crippen LogP contribution is -2.53. The first-order chi connectivity index (χ1) is 18.6. The van der Waals surface area contributed by atoms with Gasteiger partial charge in [-0.25, -0.2) is 4.79 Å². The minimum Gasteiger partial charge on any atom is -0.497 e. The van der Waals surface area contributed by atoms with Crippen molar-refractivity contribution in [3.63, 3.8) is 0 Å². The second-order valence-electron chi connectivity index (χ2n) is 10.5.